The van der Waals surface area contributed by atoms with Gasteiger partial charge in [-0.15, -0.1) is 69.6 Å². The molecule has 31 heavy (non-hydrogen) atoms. The van der Waals surface area contributed by atoms with Crippen molar-refractivity contribution in [2.75, 3.05) is 0 Å². The molecule has 0 atom stereocenters. The maximum Gasteiger partial charge on any atom is -0.0279 e. The second kappa shape index (κ2) is 14.6. The summed E-state index contributed by atoms with van der Waals surface area (Å²) in [5, 5.41) is 5.35. The maximum absolute atomic E-state index is 4.93. The Morgan fingerprint density at radius 1 is 0.774 bits per heavy atom. The minimum Gasteiger partial charge on any atom is -0.168 e. The van der Waals surface area contributed by atoms with Crippen molar-refractivity contribution in [2.24, 2.45) is 0 Å². The van der Waals surface area contributed by atoms with E-state index in [9.17, 15) is 0 Å². The van der Waals surface area contributed by atoms with E-state index in [2.05, 4.69) is 123 Å². The summed E-state index contributed by atoms with van der Waals surface area (Å²) in [5.41, 5.74) is 3.95. The van der Waals surface area contributed by atoms with Crippen molar-refractivity contribution in [3.8, 4) is 11.1 Å². The molecule has 0 spiro atoms. The van der Waals surface area contributed by atoms with Crippen LogP contribution in [-0.4, -0.2) is 9.52 Å². The summed E-state index contributed by atoms with van der Waals surface area (Å²) >= 11 is -0.826. The number of halogens is 2. The summed E-state index contributed by atoms with van der Waals surface area (Å²) in [7, 11) is 11.0. The first-order valence-corrected chi connectivity index (χ1v) is 18.3. The van der Waals surface area contributed by atoms with Crippen LogP contribution in [-0.2, 0) is 20.8 Å². The molecule has 0 saturated heterocycles. The van der Waals surface area contributed by atoms with E-state index in [1.807, 2.05) is 0 Å². The molecule has 0 unspecified atom stereocenters. The van der Waals surface area contributed by atoms with Gasteiger partial charge < -0.3 is 0 Å². The molecule has 0 aliphatic rings. The third-order valence-electron chi connectivity index (χ3n) is 4.53. The van der Waals surface area contributed by atoms with Crippen LogP contribution in [0.3, 0.4) is 0 Å². The minimum absolute atomic E-state index is 0.826. The molecule has 0 heterocycles. The average molecular weight is 541 g/mol. The van der Waals surface area contributed by atoms with Crippen molar-refractivity contribution in [3.63, 3.8) is 0 Å². The number of fused-ring (bicyclic) bond motifs is 2. The smallest absolute Gasteiger partial charge is 0.0279 e. The van der Waals surface area contributed by atoms with Crippen molar-refractivity contribution in [3.05, 3.63) is 109 Å². The van der Waals surface area contributed by atoms with Gasteiger partial charge in [0.2, 0.25) is 0 Å². The van der Waals surface area contributed by atoms with Crippen LogP contribution in [0.2, 0.25) is 13.1 Å². The first-order valence-electron chi connectivity index (χ1n) is 10.0. The van der Waals surface area contributed by atoms with E-state index in [1.165, 1.54) is 38.2 Å². The summed E-state index contributed by atoms with van der Waals surface area (Å²) in [6, 6.07) is 36.2. The maximum atomic E-state index is 4.93. The molecule has 4 heteroatoms. The van der Waals surface area contributed by atoms with E-state index in [0.717, 1.165) is 9.52 Å². The third kappa shape index (κ3) is 8.20. The predicted octanol–water partition coefficient (Wildman–Crippen LogP) is 9.26. The quantitative estimate of drug-likeness (QED) is 0.147. The van der Waals surface area contributed by atoms with Crippen molar-refractivity contribution < 1.29 is 20.8 Å². The molecule has 0 aliphatic carbocycles. The molecule has 5 aromatic carbocycles. The van der Waals surface area contributed by atoms with E-state index in [4.69, 9.17) is 17.0 Å². The van der Waals surface area contributed by atoms with Gasteiger partial charge in [-0.05, 0) is 5.56 Å². The minimum atomic E-state index is -0.826. The monoisotopic (exact) mass is 538 g/mol. The predicted molar refractivity (Wildman–Crippen MR) is 138 cm³/mol. The standard InChI is InChI=1S/C15H11.C10H9.C2H6Si.2ClH.Zr/c1-2-6-12(7-3-1)14-10-4-8-13-9-5-11-15(13)14;1-8-6-9-4-2-3-5-10(9)7-8;1-3-2;;;/h1-11H;2-7H,1H3;1-2H3;2*1H;/q2*-1;;;;+4/p-2. The Morgan fingerprint density at radius 3 is 2.06 bits per heavy atom. The summed E-state index contributed by atoms with van der Waals surface area (Å²) in [4.78, 5) is 0. The van der Waals surface area contributed by atoms with Crippen LogP contribution >= 0.6 is 17.0 Å². The van der Waals surface area contributed by atoms with Gasteiger partial charge in [-0.2, -0.15) is 18.2 Å². The third-order valence-corrected chi connectivity index (χ3v) is 4.53. The molecule has 0 bridgehead atoms. The molecule has 5 rings (SSSR count). The van der Waals surface area contributed by atoms with Crippen LogP contribution in [0, 0.1) is 6.92 Å². The largest absolute Gasteiger partial charge is 0.168 e. The Kier molecular flexibility index (Phi) is 12.2. The fourth-order valence-electron chi connectivity index (χ4n) is 3.34. The van der Waals surface area contributed by atoms with E-state index in [-0.39, 0.29) is 0 Å². The Bertz CT molecular complexity index is 1110. The molecule has 0 fully saturated rings. The van der Waals surface area contributed by atoms with Gasteiger partial charge in [0.05, 0.1) is 0 Å². The van der Waals surface area contributed by atoms with E-state index >= 15 is 0 Å². The van der Waals surface area contributed by atoms with Gasteiger partial charge in [0.15, 0.2) is 0 Å². The Balaban J connectivity index is 0.000000184. The molecule has 0 aromatic heterocycles. The van der Waals surface area contributed by atoms with Crippen LogP contribution in [0.4, 0.5) is 0 Å². The van der Waals surface area contributed by atoms with Gasteiger partial charge >= 0.3 is 37.9 Å². The van der Waals surface area contributed by atoms with Crippen molar-refractivity contribution in [1.82, 2.24) is 0 Å². The summed E-state index contributed by atoms with van der Waals surface area (Å²) in [6.07, 6.45) is 0. The van der Waals surface area contributed by atoms with Gasteiger partial charge in [0.25, 0.3) is 0 Å². The molecular formula is C27H26Cl2SiZr. The Morgan fingerprint density at radius 2 is 1.39 bits per heavy atom. The first-order chi connectivity index (χ1) is 15.1. The molecule has 0 aliphatic heterocycles. The molecular weight excluding hydrogens is 515 g/mol. The summed E-state index contributed by atoms with van der Waals surface area (Å²) in [5.74, 6) is 0. The number of rotatable bonds is 1. The fraction of sp³-hybridized carbons (Fsp3) is 0.111. The number of benzene rings is 3. The van der Waals surface area contributed by atoms with Crippen LogP contribution in [0.25, 0.3) is 32.7 Å². The molecule has 5 aromatic rings. The zero-order valence-corrected chi connectivity index (χ0v) is 23.0. The first kappa shape index (κ1) is 25.8. The topological polar surface area (TPSA) is 0 Å². The Hall–Kier alpha value is -1.44. The second-order valence-electron chi connectivity index (χ2n) is 6.93. The number of aryl methyl sites for hydroxylation is 1. The molecule has 2 radical (unpaired) electrons. The fourth-order valence-corrected chi connectivity index (χ4v) is 3.34. The molecule has 0 amide bonds. The van der Waals surface area contributed by atoms with Crippen LogP contribution in [0.1, 0.15) is 5.56 Å². The normalized spacial score (nSPS) is 9.45. The van der Waals surface area contributed by atoms with Gasteiger partial charge in [-0.3, -0.25) is 0 Å². The number of hydrogen-bond acceptors (Lipinski definition) is 0. The van der Waals surface area contributed by atoms with Gasteiger partial charge in [-0.25, -0.2) is 0 Å². The van der Waals surface area contributed by atoms with Crippen LogP contribution in [0.5, 0.6) is 0 Å². The SMILES string of the molecule is C[Si]C.Cc1cc2ccccc2[cH-]1.[Cl][Zr+2][Cl].c1ccc(-c2cccc3[cH-]ccc23)cc1. The van der Waals surface area contributed by atoms with Crippen LogP contribution in [0.15, 0.2) is 103 Å². The number of hydrogen-bond donors (Lipinski definition) is 0. The van der Waals surface area contributed by atoms with Gasteiger partial charge in [0, 0.05) is 9.52 Å². The molecule has 0 N–H and O–H groups in total. The molecule has 0 saturated carbocycles. The molecule has 156 valence electrons. The Labute approximate surface area is 207 Å². The zero-order valence-electron chi connectivity index (χ0n) is 18.1. The molecule has 0 nitrogen and oxygen atoms in total. The van der Waals surface area contributed by atoms with Gasteiger partial charge in [0.1, 0.15) is 0 Å². The summed E-state index contributed by atoms with van der Waals surface area (Å²) < 4.78 is 0. The summed E-state index contributed by atoms with van der Waals surface area (Å²) in [6.45, 7) is 6.43. The van der Waals surface area contributed by atoms with Crippen molar-refractivity contribution in [2.45, 2.75) is 20.0 Å². The van der Waals surface area contributed by atoms with E-state index in [0.29, 0.717) is 0 Å². The van der Waals surface area contributed by atoms with Gasteiger partial charge in [-0.1, -0.05) is 68.0 Å². The average Bonchev–Trinajstić information content (AvgIpc) is 3.41. The van der Waals surface area contributed by atoms with E-state index in [1.54, 1.807) is 0 Å². The van der Waals surface area contributed by atoms with Crippen molar-refractivity contribution >= 4 is 48.1 Å². The zero-order chi connectivity index (χ0) is 22.5. The van der Waals surface area contributed by atoms with E-state index < -0.39 is 20.8 Å². The second-order valence-corrected chi connectivity index (χ2v) is 11.7. The van der Waals surface area contributed by atoms with Crippen molar-refractivity contribution in [1.29, 1.82) is 0 Å². The van der Waals surface area contributed by atoms with Crippen LogP contribution < -0.4 is 0 Å².